The van der Waals surface area contributed by atoms with Crippen molar-refractivity contribution < 1.29 is 9.21 Å². The lowest BCUT2D eigenvalue weighted by molar-refractivity contribution is -0.115. The molecule has 0 spiro atoms. The number of amides is 1. The summed E-state index contributed by atoms with van der Waals surface area (Å²) < 4.78 is 7.52. The van der Waals surface area contributed by atoms with E-state index in [0.29, 0.717) is 33.4 Å². The second-order valence-electron chi connectivity index (χ2n) is 6.65. The van der Waals surface area contributed by atoms with Gasteiger partial charge in [-0.2, -0.15) is 0 Å². The van der Waals surface area contributed by atoms with Crippen LogP contribution < -0.4 is 5.32 Å². The average Bonchev–Trinajstić information content (AvgIpc) is 3.24. The molecule has 2 aromatic heterocycles. The molecule has 1 unspecified atom stereocenters. The van der Waals surface area contributed by atoms with Gasteiger partial charge in [0, 0.05) is 10.9 Å². The van der Waals surface area contributed by atoms with Gasteiger partial charge in [0.2, 0.25) is 5.91 Å². The number of halogens is 2. The molecule has 1 aromatic carbocycles. The van der Waals surface area contributed by atoms with E-state index in [2.05, 4.69) is 15.5 Å². The van der Waals surface area contributed by atoms with Gasteiger partial charge in [0.15, 0.2) is 5.16 Å². The van der Waals surface area contributed by atoms with Gasteiger partial charge in [-0.3, -0.25) is 9.36 Å². The standard InChI is InChI=1S/C19H18Cl2N4O2S/c1-11(18(26)22-16-9-13(20)6-7-15(16)21)28-19-24-23-17(12-4-5-12)25(19)10-14-3-2-8-27-14/h2-3,6-9,11-12H,4-5,10H2,1H3,(H,22,26). The zero-order valence-corrected chi connectivity index (χ0v) is 17.4. The highest BCUT2D eigenvalue weighted by atomic mass is 35.5. The predicted molar refractivity (Wildman–Crippen MR) is 110 cm³/mol. The minimum Gasteiger partial charge on any atom is -0.467 e. The first-order valence-corrected chi connectivity index (χ1v) is 10.5. The molecule has 146 valence electrons. The van der Waals surface area contributed by atoms with Gasteiger partial charge in [0.25, 0.3) is 0 Å². The molecule has 28 heavy (non-hydrogen) atoms. The van der Waals surface area contributed by atoms with E-state index >= 15 is 0 Å². The number of anilines is 1. The van der Waals surface area contributed by atoms with E-state index in [1.54, 1.807) is 24.5 Å². The minimum absolute atomic E-state index is 0.185. The number of aromatic nitrogens is 3. The largest absolute Gasteiger partial charge is 0.467 e. The molecule has 0 bridgehead atoms. The lowest BCUT2D eigenvalue weighted by Gasteiger charge is -2.14. The molecule has 1 saturated carbocycles. The lowest BCUT2D eigenvalue weighted by Crippen LogP contribution is -2.23. The third kappa shape index (κ3) is 4.37. The summed E-state index contributed by atoms with van der Waals surface area (Å²) in [7, 11) is 0. The molecular weight excluding hydrogens is 419 g/mol. The highest BCUT2D eigenvalue weighted by Crippen LogP contribution is 2.40. The van der Waals surface area contributed by atoms with E-state index in [0.717, 1.165) is 24.4 Å². The summed E-state index contributed by atoms with van der Waals surface area (Å²) in [6, 6.07) is 8.73. The fraction of sp³-hybridized carbons (Fsp3) is 0.316. The number of furan rings is 1. The SMILES string of the molecule is CC(Sc1nnc(C2CC2)n1Cc1ccco1)C(=O)Nc1cc(Cl)ccc1Cl. The summed E-state index contributed by atoms with van der Waals surface area (Å²) in [5.41, 5.74) is 0.488. The van der Waals surface area contributed by atoms with Gasteiger partial charge >= 0.3 is 0 Å². The summed E-state index contributed by atoms with van der Waals surface area (Å²) in [5.74, 6) is 2.02. The maximum atomic E-state index is 12.7. The molecular formula is C19H18Cl2N4O2S. The Morgan fingerprint density at radius 3 is 2.89 bits per heavy atom. The van der Waals surface area contributed by atoms with Gasteiger partial charge in [-0.05, 0) is 50.1 Å². The highest BCUT2D eigenvalue weighted by molar-refractivity contribution is 8.00. The fourth-order valence-corrected chi connectivity index (χ4v) is 3.97. The van der Waals surface area contributed by atoms with Crippen molar-refractivity contribution in [2.45, 2.75) is 42.6 Å². The predicted octanol–water partition coefficient (Wildman–Crippen LogP) is 5.22. The molecule has 9 heteroatoms. The molecule has 1 fully saturated rings. The van der Waals surface area contributed by atoms with Crippen LogP contribution in [0.4, 0.5) is 5.69 Å². The van der Waals surface area contributed by atoms with Crippen molar-refractivity contribution in [3.8, 4) is 0 Å². The third-order valence-electron chi connectivity index (χ3n) is 4.42. The maximum Gasteiger partial charge on any atom is 0.237 e. The Morgan fingerprint density at radius 1 is 1.36 bits per heavy atom. The number of carbonyl (C=O) groups excluding carboxylic acids is 1. The molecule has 0 saturated heterocycles. The molecule has 1 aliphatic rings. The van der Waals surface area contributed by atoms with Crippen molar-refractivity contribution >= 4 is 46.6 Å². The Hall–Kier alpha value is -1.96. The van der Waals surface area contributed by atoms with Gasteiger partial charge in [0.1, 0.15) is 11.6 Å². The summed E-state index contributed by atoms with van der Waals surface area (Å²) in [4.78, 5) is 12.7. The molecule has 1 N–H and O–H groups in total. The minimum atomic E-state index is -0.401. The van der Waals surface area contributed by atoms with Crippen LogP contribution in [0.5, 0.6) is 0 Å². The average molecular weight is 437 g/mol. The van der Waals surface area contributed by atoms with Crippen LogP contribution in [0.25, 0.3) is 0 Å². The van der Waals surface area contributed by atoms with Crippen LogP contribution in [0.3, 0.4) is 0 Å². The number of carbonyl (C=O) groups is 1. The van der Waals surface area contributed by atoms with Crippen molar-refractivity contribution in [3.05, 3.63) is 58.2 Å². The van der Waals surface area contributed by atoms with Crippen LogP contribution in [0.2, 0.25) is 10.0 Å². The van der Waals surface area contributed by atoms with Crippen molar-refractivity contribution in [2.24, 2.45) is 0 Å². The van der Waals surface area contributed by atoms with E-state index in [9.17, 15) is 4.79 Å². The highest BCUT2D eigenvalue weighted by Gasteiger charge is 2.31. The quantitative estimate of drug-likeness (QED) is 0.513. The Balaban J connectivity index is 1.50. The van der Waals surface area contributed by atoms with Crippen molar-refractivity contribution in [3.63, 3.8) is 0 Å². The topological polar surface area (TPSA) is 73.0 Å². The zero-order chi connectivity index (χ0) is 19.7. The second kappa shape index (κ2) is 8.19. The summed E-state index contributed by atoms with van der Waals surface area (Å²) >= 11 is 13.5. The molecule has 2 heterocycles. The van der Waals surface area contributed by atoms with Gasteiger partial charge in [-0.1, -0.05) is 35.0 Å². The third-order valence-corrected chi connectivity index (χ3v) is 6.06. The number of benzene rings is 1. The van der Waals surface area contributed by atoms with E-state index < -0.39 is 5.25 Å². The van der Waals surface area contributed by atoms with Crippen molar-refractivity contribution in [2.75, 3.05) is 5.32 Å². The smallest absolute Gasteiger partial charge is 0.237 e. The number of thioether (sulfide) groups is 1. The Labute approximate surface area is 176 Å². The van der Waals surface area contributed by atoms with Crippen LogP contribution in [0.1, 0.15) is 37.3 Å². The molecule has 0 radical (unpaired) electrons. The first-order valence-electron chi connectivity index (χ1n) is 8.89. The Morgan fingerprint density at radius 2 is 2.18 bits per heavy atom. The molecule has 0 aliphatic heterocycles. The number of rotatable bonds is 7. The van der Waals surface area contributed by atoms with Gasteiger partial charge in [-0.25, -0.2) is 0 Å². The number of hydrogen-bond acceptors (Lipinski definition) is 5. The van der Waals surface area contributed by atoms with Crippen LogP contribution >= 0.6 is 35.0 Å². The Kier molecular flexibility index (Phi) is 5.66. The molecule has 4 rings (SSSR count). The normalized spacial score (nSPS) is 14.8. The number of nitrogens with zero attached hydrogens (tertiary/aromatic N) is 3. The van der Waals surface area contributed by atoms with E-state index in [4.69, 9.17) is 27.6 Å². The van der Waals surface area contributed by atoms with Gasteiger partial charge in [-0.15, -0.1) is 10.2 Å². The van der Waals surface area contributed by atoms with Gasteiger partial charge < -0.3 is 9.73 Å². The molecule has 1 aliphatic carbocycles. The van der Waals surface area contributed by atoms with Crippen LogP contribution in [-0.2, 0) is 11.3 Å². The monoisotopic (exact) mass is 436 g/mol. The van der Waals surface area contributed by atoms with E-state index in [1.807, 2.05) is 23.6 Å². The van der Waals surface area contributed by atoms with Crippen molar-refractivity contribution in [1.82, 2.24) is 14.8 Å². The van der Waals surface area contributed by atoms with E-state index in [1.165, 1.54) is 11.8 Å². The second-order valence-corrected chi connectivity index (χ2v) is 8.81. The molecule has 3 aromatic rings. The Bertz CT molecular complexity index is 986. The van der Waals surface area contributed by atoms with Gasteiger partial charge in [0.05, 0.1) is 28.8 Å². The number of nitrogens with one attached hydrogen (secondary N) is 1. The summed E-state index contributed by atoms with van der Waals surface area (Å²) in [6.07, 6.45) is 3.88. The maximum absolute atomic E-state index is 12.7. The summed E-state index contributed by atoms with van der Waals surface area (Å²) in [5, 5.41) is 12.7. The summed E-state index contributed by atoms with van der Waals surface area (Å²) in [6.45, 7) is 2.36. The van der Waals surface area contributed by atoms with Crippen molar-refractivity contribution in [1.29, 1.82) is 0 Å². The lowest BCUT2D eigenvalue weighted by atomic mass is 10.3. The van der Waals surface area contributed by atoms with Crippen LogP contribution in [0.15, 0.2) is 46.2 Å². The van der Waals surface area contributed by atoms with Crippen LogP contribution in [0, 0.1) is 0 Å². The molecule has 1 amide bonds. The first kappa shape index (κ1) is 19.4. The number of hydrogen-bond donors (Lipinski definition) is 1. The van der Waals surface area contributed by atoms with Crippen LogP contribution in [-0.4, -0.2) is 25.9 Å². The van der Waals surface area contributed by atoms with E-state index in [-0.39, 0.29) is 5.91 Å². The molecule has 1 atom stereocenters. The zero-order valence-electron chi connectivity index (χ0n) is 15.1. The fourth-order valence-electron chi connectivity index (χ4n) is 2.78. The first-order chi connectivity index (χ1) is 13.5. The molecule has 6 nitrogen and oxygen atoms in total.